The molecular formula is C19H20N4O2. The maximum Gasteiger partial charge on any atom is 0.246 e. The van der Waals surface area contributed by atoms with Gasteiger partial charge >= 0.3 is 0 Å². The Hall–Kier alpha value is -3.28. The van der Waals surface area contributed by atoms with Gasteiger partial charge in [-0.2, -0.15) is 5.10 Å². The molecule has 0 unspecified atom stereocenters. The predicted molar refractivity (Wildman–Crippen MR) is 98.3 cm³/mol. The molecular weight excluding hydrogens is 316 g/mol. The molecule has 0 radical (unpaired) electrons. The zero-order valence-electron chi connectivity index (χ0n) is 14.1. The molecule has 1 atom stereocenters. The van der Waals surface area contributed by atoms with E-state index in [1.54, 1.807) is 37.0 Å². The van der Waals surface area contributed by atoms with Crippen LogP contribution >= 0.6 is 0 Å². The molecule has 128 valence electrons. The molecule has 2 aromatic carbocycles. The fraction of sp³-hybridized carbons (Fsp3) is 0.158. The second-order valence-corrected chi connectivity index (χ2v) is 5.56. The van der Waals surface area contributed by atoms with Gasteiger partial charge in [0.2, 0.25) is 5.91 Å². The van der Waals surface area contributed by atoms with Gasteiger partial charge in [-0.05, 0) is 31.2 Å². The van der Waals surface area contributed by atoms with Crippen molar-refractivity contribution in [3.63, 3.8) is 0 Å². The fourth-order valence-corrected chi connectivity index (χ4v) is 2.42. The molecule has 0 aliphatic heterocycles. The van der Waals surface area contributed by atoms with Crippen LogP contribution in [0.15, 0.2) is 67.0 Å². The largest absolute Gasteiger partial charge is 0.495 e. The van der Waals surface area contributed by atoms with E-state index in [4.69, 9.17) is 4.74 Å². The van der Waals surface area contributed by atoms with Crippen molar-refractivity contribution < 1.29 is 9.53 Å². The second kappa shape index (κ2) is 7.53. The number of amides is 1. The SMILES string of the molecule is COc1ccccc1NC(=O)[C@@H](C)Nc1cnn(-c2ccccc2)c1. The third-order valence-electron chi connectivity index (χ3n) is 3.74. The van der Waals surface area contributed by atoms with Gasteiger partial charge < -0.3 is 15.4 Å². The lowest BCUT2D eigenvalue weighted by molar-refractivity contribution is -0.116. The molecule has 3 aromatic rings. The third-order valence-corrected chi connectivity index (χ3v) is 3.74. The molecule has 0 aliphatic rings. The Morgan fingerprint density at radius 2 is 1.84 bits per heavy atom. The highest BCUT2D eigenvalue weighted by atomic mass is 16.5. The summed E-state index contributed by atoms with van der Waals surface area (Å²) in [6, 6.07) is 16.7. The van der Waals surface area contributed by atoms with Crippen molar-refractivity contribution in [3.05, 3.63) is 67.0 Å². The van der Waals surface area contributed by atoms with Crippen molar-refractivity contribution in [1.29, 1.82) is 0 Å². The standard InChI is InChI=1S/C19H20N4O2/c1-14(19(24)22-17-10-6-7-11-18(17)25-2)21-15-12-20-23(13-15)16-8-4-3-5-9-16/h3-14,21H,1-2H3,(H,22,24)/t14-/m1/s1. The lowest BCUT2D eigenvalue weighted by Crippen LogP contribution is -2.31. The highest BCUT2D eigenvalue weighted by Crippen LogP contribution is 2.23. The van der Waals surface area contributed by atoms with E-state index in [2.05, 4.69) is 15.7 Å². The fourth-order valence-electron chi connectivity index (χ4n) is 2.42. The monoisotopic (exact) mass is 336 g/mol. The van der Waals surface area contributed by atoms with Crippen molar-refractivity contribution in [1.82, 2.24) is 9.78 Å². The number of hydrogen-bond donors (Lipinski definition) is 2. The molecule has 0 bridgehead atoms. The van der Waals surface area contributed by atoms with Gasteiger partial charge in [0.1, 0.15) is 11.8 Å². The van der Waals surface area contributed by atoms with Gasteiger partial charge in [-0.15, -0.1) is 0 Å². The van der Waals surface area contributed by atoms with Crippen molar-refractivity contribution in [2.24, 2.45) is 0 Å². The van der Waals surface area contributed by atoms with E-state index >= 15 is 0 Å². The molecule has 1 heterocycles. The van der Waals surface area contributed by atoms with Crippen LogP contribution in [0, 0.1) is 0 Å². The number of hydrogen-bond acceptors (Lipinski definition) is 4. The number of aromatic nitrogens is 2. The number of rotatable bonds is 6. The summed E-state index contributed by atoms with van der Waals surface area (Å²) in [7, 11) is 1.57. The van der Waals surface area contributed by atoms with Gasteiger partial charge in [-0.25, -0.2) is 4.68 Å². The number of carbonyl (C=O) groups is 1. The van der Waals surface area contributed by atoms with Crippen molar-refractivity contribution in [2.75, 3.05) is 17.7 Å². The van der Waals surface area contributed by atoms with Crippen LogP contribution in [0.5, 0.6) is 5.75 Å². The summed E-state index contributed by atoms with van der Waals surface area (Å²) in [5.41, 5.74) is 2.37. The van der Waals surface area contributed by atoms with Crippen LogP contribution in [0.2, 0.25) is 0 Å². The number of anilines is 2. The second-order valence-electron chi connectivity index (χ2n) is 5.56. The van der Waals surface area contributed by atoms with Crippen molar-refractivity contribution in [2.45, 2.75) is 13.0 Å². The highest BCUT2D eigenvalue weighted by molar-refractivity contribution is 5.97. The number of carbonyl (C=O) groups excluding carboxylic acids is 1. The lowest BCUT2D eigenvalue weighted by Gasteiger charge is -2.15. The summed E-state index contributed by atoms with van der Waals surface area (Å²) in [4.78, 5) is 12.4. The zero-order chi connectivity index (χ0) is 17.6. The van der Waals surface area contributed by atoms with Crippen LogP contribution in [-0.2, 0) is 4.79 Å². The minimum Gasteiger partial charge on any atom is -0.495 e. The normalized spacial score (nSPS) is 11.6. The number of ether oxygens (including phenoxy) is 1. The first-order valence-corrected chi connectivity index (χ1v) is 7.98. The van der Waals surface area contributed by atoms with E-state index in [9.17, 15) is 4.79 Å². The van der Waals surface area contributed by atoms with E-state index in [-0.39, 0.29) is 5.91 Å². The third kappa shape index (κ3) is 3.98. The van der Waals surface area contributed by atoms with Gasteiger partial charge in [0.25, 0.3) is 0 Å². The predicted octanol–water partition coefficient (Wildman–Crippen LogP) is 3.32. The number of nitrogens with one attached hydrogen (secondary N) is 2. The summed E-state index contributed by atoms with van der Waals surface area (Å²) in [5, 5.41) is 10.3. The summed E-state index contributed by atoms with van der Waals surface area (Å²) < 4.78 is 7.01. The summed E-state index contributed by atoms with van der Waals surface area (Å²) >= 11 is 0. The Labute approximate surface area is 146 Å². The molecule has 0 fully saturated rings. The first-order valence-electron chi connectivity index (χ1n) is 7.98. The molecule has 0 spiro atoms. The Kier molecular flexibility index (Phi) is 4.99. The molecule has 25 heavy (non-hydrogen) atoms. The van der Waals surface area contributed by atoms with Crippen LogP contribution in [0.4, 0.5) is 11.4 Å². The molecule has 6 heteroatoms. The van der Waals surface area contributed by atoms with Crippen LogP contribution in [0.3, 0.4) is 0 Å². The molecule has 3 rings (SSSR count). The number of benzene rings is 2. The van der Waals surface area contributed by atoms with Gasteiger partial charge in [-0.3, -0.25) is 4.79 Å². The van der Waals surface area contributed by atoms with Crippen LogP contribution in [0.1, 0.15) is 6.92 Å². The minimum absolute atomic E-state index is 0.156. The van der Waals surface area contributed by atoms with Crippen LogP contribution < -0.4 is 15.4 Å². The number of para-hydroxylation sites is 3. The Bertz CT molecular complexity index is 845. The number of nitrogens with zero attached hydrogens (tertiary/aromatic N) is 2. The lowest BCUT2D eigenvalue weighted by atomic mass is 10.2. The highest BCUT2D eigenvalue weighted by Gasteiger charge is 2.15. The van der Waals surface area contributed by atoms with E-state index in [0.717, 1.165) is 11.4 Å². The summed E-state index contributed by atoms with van der Waals surface area (Å²) in [6.07, 6.45) is 3.54. The Morgan fingerprint density at radius 3 is 2.60 bits per heavy atom. The zero-order valence-corrected chi connectivity index (χ0v) is 14.1. The molecule has 0 saturated carbocycles. The summed E-state index contributed by atoms with van der Waals surface area (Å²) in [5.74, 6) is 0.469. The first kappa shape index (κ1) is 16.6. The smallest absolute Gasteiger partial charge is 0.246 e. The Balaban J connectivity index is 1.65. The quantitative estimate of drug-likeness (QED) is 0.724. The molecule has 2 N–H and O–H groups in total. The van der Waals surface area contributed by atoms with Crippen LogP contribution in [-0.4, -0.2) is 28.8 Å². The molecule has 0 aliphatic carbocycles. The number of methoxy groups -OCH3 is 1. The molecule has 0 saturated heterocycles. The maximum absolute atomic E-state index is 12.4. The Morgan fingerprint density at radius 1 is 1.12 bits per heavy atom. The minimum atomic E-state index is -0.432. The van der Waals surface area contributed by atoms with Gasteiger partial charge in [0, 0.05) is 0 Å². The van der Waals surface area contributed by atoms with E-state index in [1.165, 1.54) is 0 Å². The van der Waals surface area contributed by atoms with E-state index < -0.39 is 6.04 Å². The van der Waals surface area contributed by atoms with Gasteiger partial charge in [0.05, 0.1) is 36.6 Å². The summed E-state index contributed by atoms with van der Waals surface area (Å²) in [6.45, 7) is 1.80. The van der Waals surface area contributed by atoms with E-state index in [0.29, 0.717) is 11.4 Å². The first-order chi connectivity index (χ1) is 12.2. The average Bonchev–Trinajstić information content (AvgIpc) is 3.11. The average molecular weight is 336 g/mol. The molecule has 1 aromatic heterocycles. The topological polar surface area (TPSA) is 68.2 Å². The van der Waals surface area contributed by atoms with Crippen molar-refractivity contribution >= 4 is 17.3 Å². The molecule has 1 amide bonds. The van der Waals surface area contributed by atoms with E-state index in [1.807, 2.05) is 48.7 Å². The van der Waals surface area contributed by atoms with Crippen LogP contribution in [0.25, 0.3) is 5.69 Å². The van der Waals surface area contributed by atoms with Gasteiger partial charge in [-0.1, -0.05) is 30.3 Å². The molecule has 6 nitrogen and oxygen atoms in total. The van der Waals surface area contributed by atoms with Gasteiger partial charge in [0.15, 0.2) is 0 Å². The maximum atomic E-state index is 12.4. The van der Waals surface area contributed by atoms with Crippen molar-refractivity contribution in [3.8, 4) is 11.4 Å².